The molecule has 2 unspecified atom stereocenters. The monoisotopic (exact) mass is 523 g/mol. The number of thioether (sulfide) groups is 1. The van der Waals surface area contributed by atoms with Gasteiger partial charge in [0.05, 0.1) is 23.7 Å². The Balaban J connectivity index is 1.42. The van der Waals surface area contributed by atoms with E-state index in [9.17, 15) is 19.5 Å². The highest BCUT2D eigenvalue weighted by Gasteiger charge is 2.73. The Morgan fingerprint density at radius 3 is 2.43 bits per heavy atom. The van der Waals surface area contributed by atoms with Gasteiger partial charge in [-0.3, -0.25) is 14.4 Å². The van der Waals surface area contributed by atoms with Crippen molar-refractivity contribution in [1.82, 2.24) is 4.90 Å². The normalized spacial score (nSPS) is 27.7. The van der Waals surface area contributed by atoms with Gasteiger partial charge in [0.2, 0.25) is 17.7 Å². The van der Waals surface area contributed by atoms with Gasteiger partial charge < -0.3 is 25.4 Å². The van der Waals surface area contributed by atoms with Crippen molar-refractivity contribution < 1.29 is 24.2 Å². The second-order valence-electron chi connectivity index (χ2n) is 9.94. The summed E-state index contributed by atoms with van der Waals surface area (Å²) in [6, 6.07) is 15.7. The zero-order valence-electron chi connectivity index (χ0n) is 20.9. The summed E-state index contributed by atoms with van der Waals surface area (Å²) >= 11 is 1.66. The van der Waals surface area contributed by atoms with Gasteiger partial charge in [-0.05, 0) is 68.5 Å². The van der Waals surface area contributed by atoms with Crippen LogP contribution in [-0.2, 0) is 14.4 Å². The number of para-hydroxylation sites is 1. The van der Waals surface area contributed by atoms with Gasteiger partial charge in [-0.15, -0.1) is 11.8 Å². The van der Waals surface area contributed by atoms with Crippen LogP contribution in [-0.4, -0.2) is 64.0 Å². The number of likely N-dealkylation sites (tertiary alicyclic amines) is 1. The van der Waals surface area contributed by atoms with Crippen molar-refractivity contribution in [2.45, 2.75) is 48.1 Å². The molecule has 0 saturated carbocycles. The molecule has 1 spiro atoms. The molecule has 196 valence electrons. The maximum Gasteiger partial charge on any atom is 0.248 e. The van der Waals surface area contributed by atoms with E-state index in [1.165, 1.54) is 0 Å². The van der Waals surface area contributed by atoms with Crippen LogP contribution >= 0.6 is 11.8 Å². The molecule has 0 aliphatic carbocycles. The second-order valence-corrected chi connectivity index (χ2v) is 11.5. The molecule has 3 saturated heterocycles. The average molecular weight is 524 g/mol. The molecule has 2 aromatic carbocycles. The average Bonchev–Trinajstić information content (AvgIpc) is 3.55. The number of nitrogens with zero attached hydrogens (tertiary/aromatic N) is 1. The van der Waals surface area contributed by atoms with Gasteiger partial charge in [0, 0.05) is 29.8 Å². The third-order valence-corrected chi connectivity index (χ3v) is 9.76. The molecular weight excluding hydrogens is 490 g/mol. The van der Waals surface area contributed by atoms with E-state index < -0.39 is 22.6 Å². The van der Waals surface area contributed by atoms with Crippen molar-refractivity contribution in [3.05, 3.63) is 54.6 Å². The fourth-order valence-electron chi connectivity index (χ4n) is 6.20. The molecule has 9 heteroatoms. The van der Waals surface area contributed by atoms with E-state index in [0.717, 1.165) is 19.3 Å². The number of rotatable bonds is 10. The smallest absolute Gasteiger partial charge is 0.248 e. The number of unbranched alkanes of at least 4 members (excludes halogenated alkanes) is 2. The quantitative estimate of drug-likeness (QED) is 0.411. The zero-order valence-corrected chi connectivity index (χ0v) is 21.7. The molecule has 5 atom stereocenters. The maximum atomic E-state index is 13.9. The number of hydrogen-bond acceptors (Lipinski definition) is 6. The molecule has 8 nitrogen and oxygen atoms in total. The zero-order chi connectivity index (χ0) is 26.0. The van der Waals surface area contributed by atoms with Gasteiger partial charge in [0.25, 0.3) is 0 Å². The second kappa shape index (κ2) is 10.8. The van der Waals surface area contributed by atoms with E-state index in [-0.39, 0.29) is 29.6 Å². The van der Waals surface area contributed by atoms with Crippen LogP contribution in [0.2, 0.25) is 0 Å². The largest absolute Gasteiger partial charge is 0.497 e. The van der Waals surface area contributed by atoms with E-state index >= 15 is 0 Å². The molecule has 5 rings (SSSR count). The van der Waals surface area contributed by atoms with Crippen LogP contribution < -0.4 is 15.4 Å². The van der Waals surface area contributed by atoms with E-state index in [0.29, 0.717) is 36.5 Å². The first kappa shape index (κ1) is 25.6. The van der Waals surface area contributed by atoms with Gasteiger partial charge in [-0.25, -0.2) is 0 Å². The molecule has 2 aromatic rings. The molecule has 3 aliphatic rings. The predicted molar refractivity (Wildman–Crippen MR) is 143 cm³/mol. The van der Waals surface area contributed by atoms with E-state index in [1.807, 2.05) is 30.3 Å². The highest BCUT2D eigenvalue weighted by molar-refractivity contribution is 8.02. The molecule has 37 heavy (non-hydrogen) atoms. The number of aliphatic hydroxyl groups excluding tert-OH is 1. The van der Waals surface area contributed by atoms with E-state index in [4.69, 9.17) is 4.74 Å². The van der Waals surface area contributed by atoms with Gasteiger partial charge >= 0.3 is 0 Å². The molecule has 3 aliphatic heterocycles. The van der Waals surface area contributed by atoms with Gasteiger partial charge in [0.1, 0.15) is 11.8 Å². The molecule has 0 radical (unpaired) electrons. The maximum absolute atomic E-state index is 13.9. The first-order valence-corrected chi connectivity index (χ1v) is 13.8. The van der Waals surface area contributed by atoms with Gasteiger partial charge in [0.15, 0.2) is 0 Å². The molecule has 3 amide bonds. The number of aliphatic hydroxyl groups is 1. The van der Waals surface area contributed by atoms with Crippen LogP contribution in [0.5, 0.6) is 5.75 Å². The summed E-state index contributed by atoms with van der Waals surface area (Å²) in [5, 5.41) is 15.2. The SMILES string of the molecule is COc1ccc(NC(=O)C2N(CCCCCO)C(=O)[C@@H]3[C@@H](C(=O)Nc4ccccc4)[C@H]4CCC23S4)cc1. The number of carbonyl (C=O) groups excluding carboxylic acids is 3. The van der Waals surface area contributed by atoms with Crippen molar-refractivity contribution in [3.63, 3.8) is 0 Å². The number of anilines is 2. The lowest BCUT2D eigenvalue weighted by Crippen LogP contribution is -2.51. The summed E-state index contributed by atoms with van der Waals surface area (Å²) in [4.78, 5) is 43.0. The Morgan fingerprint density at radius 1 is 1.03 bits per heavy atom. The molecule has 3 N–H and O–H groups in total. The minimum atomic E-state index is -0.661. The predicted octanol–water partition coefficient (Wildman–Crippen LogP) is 3.53. The van der Waals surface area contributed by atoms with Crippen molar-refractivity contribution >= 4 is 40.9 Å². The van der Waals surface area contributed by atoms with Crippen LogP contribution in [0, 0.1) is 11.8 Å². The van der Waals surface area contributed by atoms with Crippen LogP contribution in [0.15, 0.2) is 54.6 Å². The topological polar surface area (TPSA) is 108 Å². The lowest BCUT2D eigenvalue weighted by atomic mass is 9.70. The highest BCUT2D eigenvalue weighted by atomic mass is 32.2. The molecule has 3 heterocycles. The number of nitrogens with one attached hydrogen (secondary N) is 2. The molecular formula is C28H33N3O5S. The van der Waals surface area contributed by atoms with Crippen molar-refractivity contribution in [2.24, 2.45) is 11.8 Å². The minimum Gasteiger partial charge on any atom is -0.497 e. The minimum absolute atomic E-state index is 0.00508. The molecule has 0 aromatic heterocycles. The number of benzene rings is 2. The number of carbonyl (C=O) groups is 3. The number of methoxy groups -OCH3 is 1. The Kier molecular flexibility index (Phi) is 7.44. The van der Waals surface area contributed by atoms with E-state index in [1.54, 1.807) is 48.0 Å². The van der Waals surface area contributed by atoms with Gasteiger partial charge in [-0.2, -0.15) is 0 Å². The summed E-state index contributed by atoms with van der Waals surface area (Å²) in [5.74, 6) is -0.813. The van der Waals surface area contributed by atoms with Crippen molar-refractivity contribution in [2.75, 3.05) is 30.9 Å². The number of ether oxygens (including phenoxy) is 1. The van der Waals surface area contributed by atoms with E-state index in [2.05, 4.69) is 10.6 Å². The van der Waals surface area contributed by atoms with Crippen molar-refractivity contribution in [3.8, 4) is 5.75 Å². The fourth-order valence-corrected chi connectivity index (χ4v) is 8.42. The lowest BCUT2D eigenvalue weighted by molar-refractivity contribution is -0.138. The Labute approximate surface area is 221 Å². The first-order chi connectivity index (χ1) is 18.0. The van der Waals surface area contributed by atoms with Crippen LogP contribution in [0.3, 0.4) is 0 Å². The number of amides is 3. The fraction of sp³-hybridized carbons (Fsp3) is 0.464. The number of hydrogen-bond donors (Lipinski definition) is 3. The summed E-state index contributed by atoms with van der Waals surface area (Å²) in [6.45, 7) is 0.525. The van der Waals surface area contributed by atoms with Gasteiger partial charge in [-0.1, -0.05) is 18.2 Å². The third kappa shape index (κ3) is 4.70. The Bertz CT molecular complexity index is 1140. The van der Waals surface area contributed by atoms with Crippen LogP contribution in [0.4, 0.5) is 11.4 Å². The highest BCUT2D eigenvalue weighted by Crippen LogP contribution is 2.66. The molecule has 2 bridgehead atoms. The van der Waals surface area contributed by atoms with Crippen LogP contribution in [0.1, 0.15) is 32.1 Å². The number of fused-ring (bicyclic) bond motifs is 1. The summed E-state index contributed by atoms with van der Waals surface area (Å²) < 4.78 is 4.59. The summed E-state index contributed by atoms with van der Waals surface area (Å²) in [7, 11) is 1.59. The standard InChI is InChI=1S/C28H33N3O5S/c1-36-20-12-10-19(11-13-20)30-26(34)24-28-15-14-21(37-28)22(25(33)29-18-8-4-2-5-9-18)23(28)27(35)31(24)16-6-3-7-17-32/h2,4-5,8-13,21-24,32H,3,6-7,14-17H2,1H3,(H,29,33)(H,30,34)/t21-,22+,23+,24?,28?/m1/s1. The third-order valence-electron chi connectivity index (χ3n) is 7.81. The summed E-state index contributed by atoms with van der Waals surface area (Å²) in [5.41, 5.74) is 1.34. The Morgan fingerprint density at radius 2 is 1.73 bits per heavy atom. The Hall–Kier alpha value is -3.04. The molecule has 3 fully saturated rings. The van der Waals surface area contributed by atoms with Crippen molar-refractivity contribution in [1.29, 1.82) is 0 Å². The van der Waals surface area contributed by atoms with Crippen LogP contribution in [0.25, 0.3) is 0 Å². The first-order valence-electron chi connectivity index (χ1n) is 12.9. The summed E-state index contributed by atoms with van der Waals surface area (Å²) in [6.07, 6.45) is 3.63. The lowest BCUT2D eigenvalue weighted by Gasteiger charge is -2.34.